The summed E-state index contributed by atoms with van der Waals surface area (Å²) in [6.45, 7) is 1.76. The molecule has 19 heteroatoms. The number of hydrogen-bond donors (Lipinski definition) is 12. The number of carbonyl (C=O) groups is 1. The summed E-state index contributed by atoms with van der Waals surface area (Å²) in [6.07, 6.45) is 52.5. The van der Waals surface area contributed by atoms with Gasteiger partial charge in [-0.15, -0.1) is 0 Å². The Morgan fingerprint density at radius 1 is 0.347 bits per heavy atom. The second-order valence-electron chi connectivity index (χ2n) is 29.6. The fourth-order valence-electron chi connectivity index (χ4n) is 13.9. The first-order chi connectivity index (χ1) is 49.3. The van der Waals surface area contributed by atoms with Crippen LogP contribution in [0.15, 0.2) is 48.6 Å². The molecule has 0 bridgehead atoms. The molecule has 0 radical (unpaired) electrons. The highest BCUT2D eigenvalue weighted by atomic mass is 16.8. The maximum atomic E-state index is 13.5. The summed E-state index contributed by atoms with van der Waals surface area (Å²) in [4.78, 5) is 13.5. The highest BCUT2D eigenvalue weighted by molar-refractivity contribution is 5.76. The highest BCUT2D eigenvalue weighted by Crippen LogP contribution is 2.33. The van der Waals surface area contributed by atoms with Crippen LogP contribution in [0, 0.1) is 0 Å². The van der Waals surface area contributed by atoms with Gasteiger partial charge < -0.3 is 89.9 Å². The van der Waals surface area contributed by atoms with Crippen LogP contribution in [0.25, 0.3) is 0 Å². The van der Waals surface area contributed by atoms with Gasteiger partial charge in [0.25, 0.3) is 0 Å². The second kappa shape index (κ2) is 62.8. The molecule has 0 aromatic heterocycles. The van der Waals surface area contributed by atoms with E-state index in [9.17, 15) is 61.0 Å². The quantitative estimate of drug-likeness (QED) is 0.0199. The first-order valence-corrected chi connectivity index (χ1v) is 41.4. The molecule has 3 aliphatic rings. The fraction of sp³-hybridized carbons (Fsp3) is 0.890. The summed E-state index contributed by atoms with van der Waals surface area (Å²) in [6, 6.07) is -0.998. The number of allylic oxidation sites excluding steroid dienone is 7. The van der Waals surface area contributed by atoms with Crippen LogP contribution in [0.3, 0.4) is 0 Å². The van der Waals surface area contributed by atoms with Crippen LogP contribution in [0.2, 0.25) is 0 Å². The molecule has 17 unspecified atom stereocenters. The average Bonchev–Trinajstić information content (AvgIpc) is 0.782. The van der Waals surface area contributed by atoms with Crippen molar-refractivity contribution in [2.24, 2.45) is 0 Å². The lowest BCUT2D eigenvalue weighted by atomic mass is 9.96. The van der Waals surface area contributed by atoms with Gasteiger partial charge in [-0.2, -0.15) is 0 Å². The monoisotopic (exact) mass is 1440 g/mol. The van der Waals surface area contributed by atoms with Crippen LogP contribution in [-0.2, 0) is 33.2 Å². The first-order valence-electron chi connectivity index (χ1n) is 41.4. The number of rotatable bonds is 66. The van der Waals surface area contributed by atoms with Gasteiger partial charge in [-0.25, -0.2) is 0 Å². The normalized spacial score (nSPS) is 26.5. The van der Waals surface area contributed by atoms with Gasteiger partial charge in [0.1, 0.15) is 73.2 Å². The van der Waals surface area contributed by atoms with Gasteiger partial charge in [-0.05, 0) is 70.6 Å². The van der Waals surface area contributed by atoms with Gasteiger partial charge in [0.15, 0.2) is 18.9 Å². The van der Waals surface area contributed by atoms with E-state index in [-0.39, 0.29) is 18.9 Å². The topological polar surface area (TPSA) is 307 Å². The molecule has 592 valence electrons. The molecule has 3 aliphatic heterocycles. The Bertz CT molecular complexity index is 2010. The minimum Gasteiger partial charge on any atom is -0.394 e. The largest absolute Gasteiger partial charge is 0.394 e. The molecule has 3 rings (SSSR count). The molecule has 12 N–H and O–H groups in total. The maximum Gasteiger partial charge on any atom is 0.220 e. The number of aliphatic hydroxyl groups excluding tert-OH is 11. The molecule has 0 spiro atoms. The zero-order valence-corrected chi connectivity index (χ0v) is 63.4. The molecule has 3 saturated heterocycles. The first kappa shape index (κ1) is 93.0. The summed E-state index contributed by atoms with van der Waals surface area (Å²) in [5.74, 6) is -0.285. The van der Waals surface area contributed by atoms with E-state index in [2.05, 4.69) is 55.6 Å². The average molecular weight is 1440 g/mol. The molecular formula is C82H151NO18. The van der Waals surface area contributed by atoms with Gasteiger partial charge >= 0.3 is 0 Å². The molecule has 101 heavy (non-hydrogen) atoms. The third-order valence-electron chi connectivity index (χ3n) is 20.6. The van der Waals surface area contributed by atoms with E-state index in [0.29, 0.717) is 12.8 Å². The Labute approximate surface area is 612 Å². The van der Waals surface area contributed by atoms with Crippen molar-refractivity contribution >= 4 is 5.91 Å². The summed E-state index contributed by atoms with van der Waals surface area (Å²) in [5.41, 5.74) is 0. The van der Waals surface area contributed by atoms with Gasteiger partial charge in [0.05, 0.1) is 38.6 Å². The van der Waals surface area contributed by atoms with Crippen LogP contribution >= 0.6 is 0 Å². The lowest BCUT2D eigenvalue weighted by Crippen LogP contribution is -2.66. The van der Waals surface area contributed by atoms with Crippen molar-refractivity contribution in [2.75, 3.05) is 26.4 Å². The lowest BCUT2D eigenvalue weighted by molar-refractivity contribution is -0.379. The van der Waals surface area contributed by atoms with E-state index < -0.39 is 124 Å². The molecule has 17 atom stereocenters. The second-order valence-corrected chi connectivity index (χ2v) is 29.6. The molecule has 0 saturated carbocycles. The minimum atomic E-state index is -1.98. The third-order valence-corrected chi connectivity index (χ3v) is 20.6. The van der Waals surface area contributed by atoms with Crippen molar-refractivity contribution in [1.29, 1.82) is 0 Å². The highest BCUT2D eigenvalue weighted by Gasteiger charge is 2.54. The summed E-state index contributed by atoms with van der Waals surface area (Å²) in [5, 5.41) is 121. The smallest absolute Gasteiger partial charge is 0.220 e. The van der Waals surface area contributed by atoms with E-state index in [0.717, 1.165) is 44.9 Å². The SMILES string of the molecule is CCCCCCCCCC/C=C\CCCCCCCCCCCCCCCCCC(=O)NC(COC1OC(CO)C(OC2OC(CO)C(OC3OC(CO)C(O)C(O)C3O)C(O)C2O)C(O)C1O)C(O)/C=C/CC/C=C/CC/C=C/CCCCCCCCCCCCCCCCCCCCC. The Hall–Kier alpha value is -2.25. The van der Waals surface area contributed by atoms with Crippen LogP contribution in [0.1, 0.15) is 335 Å². The van der Waals surface area contributed by atoms with E-state index in [1.54, 1.807) is 6.08 Å². The fourth-order valence-corrected chi connectivity index (χ4v) is 13.9. The number of carbonyl (C=O) groups excluding carboxylic acids is 1. The Morgan fingerprint density at radius 3 is 0.990 bits per heavy atom. The van der Waals surface area contributed by atoms with E-state index in [4.69, 9.17) is 28.4 Å². The van der Waals surface area contributed by atoms with Gasteiger partial charge in [-0.1, -0.05) is 306 Å². The summed E-state index contributed by atoms with van der Waals surface area (Å²) >= 11 is 0. The Morgan fingerprint density at radius 2 is 0.634 bits per heavy atom. The van der Waals surface area contributed by atoms with Gasteiger partial charge in [0.2, 0.25) is 5.91 Å². The van der Waals surface area contributed by atoms with Crippen molar-refractivity contribution in [3.05, 3.63) is 48.6 Å². The van der Waals surface area contributed by atoms with E-state index >= 15 is 0 Å². The van der Waals surface area contributed by atoms with Crippen molar-refractivity contribution in [3.63, 3.8) is 0 Å². The van der Waals surface area contributed by atoms with Gasteiger partial charge in [0, 0.05) is 6.42 Å². The van der Waals surface area contributed by atoms with Crippen LogP contribution in [0.4, 0.5) is 0 Å². The standard InChI is InChI=1S/C82H151NO18/c1-3-5-7-9-11-13-15-17-19-21-23-25-27-29-31-32-34-35-37-39-41-43-45-47-49-51-53-55-57-59-66(87)65(83-70(88)60-58-56-54-52-50-48-46-44-42-40-38-36-33-30-28-26-24-22-20-18-16-14-12-10-8-6-4-2)64-96-80-76(94)73(91)78(68(62-85)98-80)101-82-77(95)74(92)79(69(63-86)99-82)100-81-75(93)72(90)71(89)67(61-84)97-81/h22,24,41,43,49,51,57,59,65-69,71-82,84-87,89-95H,3-21,23,25-40,42,44-48,50,52-56,58,60-64H2,1-2H3,(H,83,88)/b24-22-,43-41+,51-49+,59-57+. The zero-order chi connectivity index (χ0) is 73.2. The molecule has 3 fully saturated rings. The van der Waals surface area contributed by atoms with E-state index in [1.165, 1.54) is 257 Å². The predicted molar refractivity (Wildman–Crippen MR) is 402 cm³/mol. The Balaban J connectivity index is 1.39. The minimum absolute atomic E-state index is 0.234. The molecule has 3 heterocycles. The Kier molecular flexibility index (Phi) is 57.8. The number of hydrogen-bond acceptors (Lipinski definition) is 18. The van der Waals surface area contributed by atoms with E-state index in [1.807, 2.05) is 6.08 Å². The van der Waals surface area contributed by atoms with Crippen LogP contribution in [0.5, 0.6) is 0 Å². The molecule has 1 amide bonds. The summed E-state index contributed by atoms with van der Waals surface area (Å²) in [7, 11) is 0. The molecular weight excluding hydrogens is 1290 g/mol. The molecule has 0 aromatic rings. The number of unbranched alkanes of at least 4 members (excludes halogenated alkanes) is 44. The van der Waals surface area contributed by atoms with Crippen LogP contribution in [-0.4, -0.2) is 193 Å². The number of amides is 1. The summed E-state index contributed by atoms with van der Waals surface area (Å²) < 4.78 is 34.4. The molecule has 19 nitrogen and oxygen atoms in total. The number of nitrogens with one attached hydrogen (secondary N) is 1. The van der Waals surface area contributed by atoms with Crippen LogP contribution < -0.4 is 5.32 Å². The van der Waals surface area contributed by atoms with Crippen molar-refractivity contribution in [3.8, 4) is 0 Å². The number of aliphatic hydroxyl groups is 11. The molecule has 0 aliphatic carbocycles. The lowest BCUT2D eigenvalue weighted by Gasteiger charge is -2.48. The van der Waals surface area contributed by atoms with Crippen molar-refractivity contribution in [1.82, 2.24) is 5.32 Å². The predicted octanol–water partition coefficient (Wildman–Crippen LogP) is 14.1. The molecule has 0 aromatic carbocycles. The van der Waals surface area contributed by atoms with Gasteiger partial charge in [-0.3, -0.25) is 4.79 Å². The number of ether oxygens (including phenoxy) is 6. The van der Waals surface area contributed by atoms with Crippen molar-refractivity contribution < 1.29 is 89.4 Å². The zero-order valence-electron chi connectivity index (χ0n) is 63.4. The maximum absolute atomic E-state index is 13.5. The van der Waals surface area contributed by atoms with Crippen molar-refractivity contribution in [2.45, 2.75) is 439 Å². The third kappa shape index (κ3) is 42.8.